The van der Waals surface area contributed by atoms with Crippen molar-refractivity contribution in [2.24, 2.45) is 10.8 Å². The molecule has 2 unspecified atom stereocenters. The molecule has 1 aliphatic heterocycles. The zero-order valence-corrected chi connectivity index (χ0v) is 17.8. The third-order valence-electron chi connectivity index (χ3n) is 4.90. The molecular formula is C23H36O4. The van der Waals surface area contributed by atoms with Gasteiger partial charge in [-0.15, -0.1) is 0 Å². The molecule has 1 aromatic carbocycles. The van der Waals surface area contributed by atoms with Crippen LogP contribution in [0, 0.1) is 10.8 Å². The Morgan fingerprint density at radius 3 is 2.30 bits per heavy atom. The predicted molar refractivity (Wildman–Crippen MR) is 108 cm³/mol. The highest BCUT2D eigenvalue weighted by Crippen LogP contribution is 2.43. The van der Waals surface area contributed by atoms with E-state index < -0.39 is 6.29 Å². The lowest BCUT2D eigenvalue weighted by Crippen LogP contribution is -2.28. The summed E-state index contributed by atoms with van der Waals surface area (Å²) in [6, 6.07) is 8.13. The van der Waals surface area contributed by atoms with E-state index >= 15 is 0 Å². The summed E-state index contributed by atoms with van der Waals surface area (Å²) in [5.41, 5.74) is 1.75. The fraction of sp³-hybridized carbons (Fsp3) is 0.696. The minimum absolute atomic E-state index is 0.0934. The first-order valence-electron chi connectivity index (χ1n) is 10.1. The van der Waals surface area contributed by atoms with E-state index in [2.05, 4.69) is 53.7 Å². The number of hydrogen-bond acceptors (Lipinski definition) is 4. The van der Waals surface area contributed by atoms with E-state index in [-0.39, 0.29) is 23.4 Å². The van der Waals surface area contributed by atoms with Gasteiger partial charge in [0.25, 0.3) is 0 Å². The summed E-state index contributed by atoms with van der Waals surface area (Å²) < 4.78 is 16.3. The quantitative estimate of drug-likeness (QED) is 0.597. The van der Waals surface area contributed by atoms with Crippen LogP contribution in [0.5, 0.6) is 5.75 Å². The summed E-state index contributed by atoms with van der Waals surface area (Å²) in [7, 11) is 0. The second-order valence-corrected chi connectivity index (χ2v) is 9.83. The van der Waals surface area contributed by atoms with Crippen molar-refractivity contribution in [3.05, 3.63) is 29.8 Å². The van der Waals surface area contributed by atoms with Gasteiger partial charge < -0.3 is 14.2 Å². The Morgan fingerprint density at radius 1 is 1.11 bits per heavy atom. The molecule has 1 heterocycles. The highest BCUT2D eigenvalue weighted by Gasteiger charge is 2.30. The van der Waals surface area contributed by atoms with E-state index in [4.69, 9.17) is 14.2 Å². The van der Waals surface area contributed by atoms with Gasteiger partial charge in [-0.05, 0) is 53.7 Å². The van der Waals surface area contributed by atoms with Gasteiger partial charge in [-0.25, -0.2) is 4.79 Å². The standard InChI is InChI=1S/C23H36O4/c1-22(2,3)15-19(23(4,5)6)17-10-12-18(13-11-17)26-16-20(24)27-21-9-7-8-14-25-21/h10-13,19,21H,7-9,14-16H2,1-6H3. The molecule has 2 atom stereocenters. The van der Waals surface area contributed by atoms with Crippen LogP contribution in [0.2, 0.25) is 0 Å². The summed E-state index contributed by atoms with van der Waals surface area (Å²) in [4.78, 5) is 11.9. The smallest absolute Gasteiger partial charge is 0.346 e. The number of hydrogen-bond donors (Lipinski definition) is 0. The van der Waals surface area contributed by atoms with Crippen LogP contribution in [0.25, 0.3) is 0 Å². The topological polar surface area (TPSA) is 44.8 Å². The Hall–Kier alpha value is -1.55. The van der Waals surface area contributed by atoms with Crippen LogP contribution in [0.3, 0.4) is 0 Å². The van der Waals surface area contributed by atoms with Crippen molar-refractivity contribution < 1.29 is 19.0 Å². The molecule has 1 aliphatic rings. The fourth-order valence-corrected chi connectivity index (χ4v) is 3.46. The van der Waals surface area contributed by atoms with Gasteiger partial charge in [-0.3, -0.25) is 0 Å². The SMILES string of the molecule is CC(C)(C)CC(c1ccc(OCC(=O)OC2CCCCO2)cc1)C(C)(C)C. The summed E-state index contributed by atoms with van der Waals surface area (Å²) in [6.45, 7) is 14.3. The number of ether oxygens (including phenoxy) is 3. The monoisotopic (exact) mass is 376 g/mol. The lowest BCUT2D eigenvalue weighted by molar-refractivity contribution is -0.188. The van der Waals surface area contributed by atoms with Gasteiger partial charge >= 0.3 is 5.97 Å². The Balaban J connectivity index is 1.92. The van der Waals surface area contributed by atoms with E-state index in [9.17, 15) is 4.79 Å². The Bertz CT molecular complexity index is 586. The third-order valence-corrected chi connectivity index (χ3v) is 4.90. The van der Waals surface area contributed by atoms with Crippen molar-refractivity contribution >= 4 is 5.97 Å². The Morgan fingerprint density at radius 2 is 1.78 bits per heavy atom. The van der Waals surface area contributed by atoms with Crippen molar-refractivity contribution in [2.75, 3.05) is 13.2 Å². The first kappa shape index (κ1) is 21.7. The third kappa shape index (κ3) is 7.53. The second-order valence-electron chi connectivity index (χ2n) is 9.83. The largest absolute Gasteiger partial charge is 0.482 e. The van der Waals surface area contributed by atoms with Gasteiger partial charge in [-0.2, -0.15) is 0 Å². The summed E-state index contributed by atoms with van der Waals surface area (Å²) >= 11 is 0. The van der Waals surface area contributed by atoms with Crippen molar-refractivity contribution in [2.45, 2.75) is 79.4 Å². The van der Waals surface area contributed by atoms with Crippen LogP contribution < -0.4 is 4.74 Å². The number of carbonyl (C=O) groups is 1. The number of carbonyl (C=O) groups excluding carboxylic acids is 1. The van der Waals surface area contributed by atoms with Crippen LogP contribution in [-0.4, -0.2) is 25.5 Å². The molecule has 152 valence electrons. The van der Waals surface area contributed by atoms with Gasteiger partial charge in [0.2, 0.25) is 6.29 Å². The van der Waals surface area contributed by atoms with Gasteiger partial charge in [0.15, 0.2) is 6.61 Å². The molecule has 0 radical (unpaired) electrons. The lowest BCUT2D eigenvalue weighted by atomic mass is 9.69. The molecule has 0 amide bonds. The van der Waals surface area contributed by atoms with Crippen LogP contribution in [0.1, 0.15) is 78.7 Å². The molecule has 27 heavy (non-hydrogen) atoms. The molecule has 4 nitrogen and oxygen atoms in total. The minimum atomic E-state index is -0.415. The number of esters is 1. The van der Waals surface area contributed by atoms with Crippen molar-refractivity contribution in [1.82, 2.24) is 0 Å². The fourth-order valence-electron chi connectivity index (χ4n) is 3.46. The van der Waals surface area contributed by atoms with Crippen molar-refractivity contribution in [1.29, 1.82) is 0 Å². The van der Waals surface area contributed by atoms with Crippen molar-refractivity contribution in [3.8, 4) is 5.75 Å². The van der Waals surface area contributed by atoms with Crippen molar-refractivity contribution in [3.63, 3.8) is 0 Å². The van der Waals surface area contributed by atoms with Crippen LogP contribution in [-0.2, 0) is 14.3 Å². The zero-order chi connectivity index (χ0) is 20.1. The summed E-state index contributed by atoms with van der Waals surface area (Å²) in [6.07, 6.45) is 3.53. The summed E-state index contributed by atoms with van der Waals surface area (Å²) in [5, 5.41) is 0. The Kier molecular flexibility index (Phi) is 7.32. The van der Waals surface area contributed by atoms with Crippen LogP contribution in [0.15, 0.2) is 24.3 Å². The molecule has 1 fully saturated rings. The minimum Gasteiger partial charge on any atom is -0.482 e. The zero-order valence-electron chi connectivity index (χ0n) is 17.8. The second kappa shape index (κ2) is 9.09. The van der Waals surface area contributed by atoms with E-state index in [1.807, 2.05) is 12.1 Å². The average molecular weight is 377 g/mol. The Labute approximate surface area is 164 Å². The molecule has 0 aromatic heterocycles. The van der Waals surface area contributed by atoms with Gasteiger partial charge in [0.1, 0.15) is 5.75 Å². The lowest BCUT2D eigenvalue weighted by Gasteiger charge is -2.36. The molecular weight excluding hydrogens is 340 g/mol. The molecule has 1 aromatic rings. The summed E-state index contributed by atoms with van der Waals surface area (Å²) in [5.74, 6) is 0.759. The first-order chi connectivity index (χ1) is 12.5. The van der Waals surface area contributed by atoms with Crippen LogP contribution in [0.4, 0.5) is 0 Å². The molecule has 0 N–H and O–H groups in total. The molecule has 0 aliphatic carbocycles. The normalized spacial score (nSPS) is 19.4. The molecule has 2 rings (SSSR count). The number of rotatable bonds is 6. The molecule has 4 heteroatoms. The highest BCUT2D eigenvalue weighted by molar-refractivity contribution is 5.71. The van der Waals surface area contributed by atoms with Crippen LogP contribution >= 0.6 is 0 Å². The van der Waals surface area contributed by atoms with E-state index in [1.165, 1.54) is 5.56 Å². The molecule has 0 spiro atoms. The van der Waals surface area contributed by atoms with Gasteiger partial charge in [-0.1, -0.05) is 53.7 Å². The number of benzene rings is 1. The first-order valence-corrected chi connectivity index (χ1v) is 10.1. The molecule has 0 bridgehead atoms. The maximum atomic E-state index is 11.9. The van der Waals surface area contributed by atoms with E-state index in [0.29, 0.717) is 18.3 Å². The van der Waals surface area contributed by atoms with Gasteiger partial charge in [0.05, 0.1) is 6.61 Å². The highest BCUT2D eigenvalue weighted by atomic mass is 16.7. The van der Waals surface area contributed by atoms with E-state index in [0.717, 1.165) is 25.7 Å². The van der Waals surface area contributed by atoms with E-state index in [1.54, 1.807) is 0 Å². The predicted octanol–water partition coefficient (Wildman–Crippen LogP) is 5.70. The maximum Gasteiger partial charge on any atom is 0.346 e. The molecule has 0 saturated carbocycles. The molecule has 1 saturated heterocycles. The maximum absolute atomic E-state index is 11.9. The average Bonchev–Trinajstić information content (AvgIpc) is 2.58. The van der Waals surface area contributed by atoms with Gasteiger partial charge in [0, 0.05) is 6.42 Å².